The lowest BCUT2D eigenvalue weighted by molar-refractivity contribution is 0.103. The first-order valence-electron chi connectivity index (χ1n) is 6.28. The molecule has 2 aromatic rings. The molecule has 2 rings (SSSR count). The minimum atomic E-state index is -0.141. The fourth-order valence-corrected chi connectivity index (χ4v) is 1.71. The average Bonchev–Trinajstić information content (AvgIpc) is 2.44. The fraction of sp³-hybridized carbons (Fsp3) is 0.267. The van der Waals surface area contributed by atoms with Gasteiger partial charge in [0.2, 0.25) is 5.78 Å². The lowest BCUT2D eigenvalue weighted by atomic mass is 10.1. The second-order valence-corrected chi connectivity index (χ2v) is 4.16. The molecule has 0 aliphatic heterocycles. The topological polar surface area (TPSA) is 52.1 Å². The van der Waals surface area contributed by atoms with Crippen LogP contribution in [0.25, 0.3) is 0 Å². The molecule has 19 heavy (non-hydrogen) atoms. The van der Waals surface area contributed by atoms with E-state index in [1.165, 1.54) is 0 Å². The summed E-state index contributed by atoms with van der Waals surface area (Å²) in [6.45, 7) is 4.38. The number of para-hydroxylation sites is 1. The van der Waals surface area contributed by atoms with Crippen LogP contribution in [0.2, 0.25) is 0 Å². The second-order valence-electron chi connectivity index (χ2n) is 4.16. The van der Waals surface area contributed by atoms with E-state index in [2.05, 4.69) is 9.97 Å². The molecule has 0 aliphatic rings. The van der Waals surface area contributed by atoms with E-state index in [0.717, 1.165) is 6.42 Å². The Morgan fingerprint density at radius 1 is 1.26 bits per heavy atom. The number of aromatic nitrogens is 2. The van der Waals surface area contributed by atoms with E-state index in [1.807, 2.05) is 19.1 Å². The maximum atomic E-state index is 12.4. The molecule has 0 aliphatic carbocycles. The third-order valence-corrected chi connectivity index (χ3v) is 2.60. The summed E-state index contributed by atoms with van der Waals surface area (Å²) in [5.74, 6) is 1.04. The number of ketones is 1. The summed E-state index contributed by atoms with van der Waals surface area (Å²) in [5, 5.41) is 0. The highest BCUT2D eigenvalue weighted by Crippen LogP contribution is 2.21. The zero-order valence-corrected chi connectivity index (χ0v) is 11.1. The monoisotopic (exact) mass is 256 g/mol. The van der Waals surface area contributed by atoms with E-state index in [4.69, 9.17) is 4.74 Å². The van der Waals surface area contributed by atoms with Gasteiger partial charge in [-0.05, 0) is 31.5 Å². The molecule has 98 valence electrons. The van der Waals surface area contributed by atoms with E-state index in [1.54, 1.807) is 31.3 Å². The zero-order valence-electron chi connectivity index (χ0n) is 11.1. The zero-order chi connectivity index (χ0) is 13.7. The van der Waals surface area contributed by atoms with Gasteiger partial charge in [0.15, 0.2) is 0 Å². The third kappa shape index (κ3) is 3.16. The summed E-state index contributed by atoms with van der Waals surface area (Å²) in [7, 11) is 0. The summed E-state index contributed by atoms with van der Waals surface area (Å²) < 4.78 is 5.59. The standard InChI is InChI=1S/C15H16N2O2/c1-3-10-19-14-7-5-4-6-12(14)15(18)13-8-9-16-11(2)17-13/h4-9H,3,10H2,1-2H3. The molecular weight excluding hydrogens is 240 g/mol. The van der Waals surface area contributed by atoms with Crippen molar-refractivity contribution in [2.45, 2.75) is 20.3 Å². The molecule has 0 saturated heterocycles. The Hall–Kier alpha value is -2.23. The first-order valence-corrected chi connectivity index (χ1v) is 6.28. The molecule has 0 bridgehead atoms. The molecule has 0 spiro atoms. The molecule has 1 aromatic heterocycles. The smallest absolute Gasteiger partial charge is 0.215 e. The molecule has 4 heteroatoms. The number of rotatable bonds is 5. The lowest BCUT2D eigenvalue weighted by Gasteiger charge is -2.09. The van der Waals surface area contributed by atoms with E-state index in [0.29, 0.717) is 29.4 Å². The van der Waals surface area contributed by atoms with Gasteiger partial charge in [-0.15, -0.1) is 0 Å². The highest BCUT2D eigenvalue weighted by Gasteiger charge is 2.15. The molecular formula is C15H16N2O2. The maximum Gasteiger partial charge on any atom is 0.215 e. The molecule has 0 unspecified atom stereocenters. The van der Waals surface area contributed by atoms with Crippen LogP contribution in [0.1, 0.15) is 35.2 Å². The van der Waals surface area contributed by atoms with Crippen LogP contribution in [0.15, 0.2) is 36.5 Å². The van der Waals surface area contributed by atoms with Gasteiger partial charge >= 0.3 is 0 Å². The van der Waals surface area contributed by atoms with E-state index < -0.39 is 0 Å². The molecule has 0 saturated carbocycles. The lowest BCUT2D eigenvalue weighted by Crippen LogP contribution is -2.08. The van der Waals surface area contributed by atoms with Crippen molar-refractivity contribution < 1.29 is 9.53 Å². The van der Waals surface area contributed by atoms with Crippen molar-refractivity contribution in [2.75, 3.05) is 6.61 Å². The van der Waals surface area contributed by atoms with Crippen molar-refractivity contribution in [2.24, 2.45) is 0 Å². The van der Waals surface area contributed by atoms with Crippen molar-refractivity contribution in [3.63, 3.8) is 0 Å². The molecule has 0 amide bonds. The Bertz CT molecular complexity index is 582. The van der Waals surface area contributed by atoms with Gasteiger partial charge in [-0.3, -0.25) is 4.79 Å². The van der Waals surface area contributed by atoms with Crippen LogP contribution in [0.5, 0.6) is 5.75 Å². The predicted molar refractivity (Wildman–Crippen MR) is 72.4 cm³/mol. The summed E-state index contributed by atoms with van der Waals surface area (Å²) in [4.78, 5) is 20.6. The largest absolute Gasteiger partial charge is 0.493 e. The number of carbonyl (C=O) groups is 1. The highest BCUT2D eigenvalue weighted by molar-refractivity contribution is 6.09. The maximum absolute atomic E-state index is 12.4. The molecule has 4 nitrogen and oxygen atoms in total. The van der Waals surface area contributed by atoms with Gasteiger partial charge < -0.3 is 4.74 Å². The molecule has 0 radical (unpaired) electrons. The Balaban J connectivity index is 2.33. The van der Waals surface area contributed by atoms with Gasteiger partial charge in [0.1, 0.15) is 17.3 Å². The summed E-state index contributed by atoms with van der Waals surface area (Å²) in [6.07, 6.45) is 2.49. The summed E-state index contributed by atoms with van der Waals surface area (Å²) >= 11 is 0. The van der Waals surface area contributed by atoms with Gasteiger partial charge in [-0.25, -0.2) is 9.97 Å². The van der Waals surface area contributed by atoms with Crippen molar-refractivity contribution in [3.8, 4) is 5.75 Å². The second kappa shape index (κ2) is 6.09. The van der Waals surface area contributed by atoms with Crippen molar-refractivity contribution in [3.05, 3.63) is 53.6 Å². The predicted octanol–water partition coefficient (Wildman–Crippen LogP) is 2.80. The van der Waals surface area contributed by atoms with Crippen LogP contribution in [0.3, 0.4) is 0 Å². The van der Waals surface area contributed by atoms with Crippen LogP contribution >= 0.6 is 0 Å². The van der Waals surface area contributed by atoms with Crippen molar-refractivity contribution in [1.29, 1.82) is 0 Å². The van der Waals surface area contributed by atoms with Crippen molar-refractivity contribution >= 4 is 5.78 Å². The van der Waals surface area contributed by atoms with Crippen LogP contribution in [0.4, 0.5) is 0 Å². The first kappa shape index (κ1) is 13.2. The van der Waals surface area contributed by atoms with E-state index in [9.17, 15) is 4.79 Å². The molecule has 0 fully saturated rings. The number of ether oxygens (including phenoxy) is 1. The molecule has 0 atom stereocenters. The normalized spacial score (nSPS) is 10.2. The van der Waals surface area contributed by atoms with Gasteiger partial charge in [-0.1, -0.05) is 19.1 Å². The fourth-order valence-electron chi connectivity index (χ4n) is 1.71. The SMILES string of the molecule is CCCOc1ccccc1C(=O)c1ccnc(C)n1. The number of hydrogen-bond donors (Lipinski definition) is 0. The van der Waals surface area contributed by atoms with Crippen molar-refractivity contribution in [1.82, 2.24) is 9.97 Å². The summed E-state index contributed by atoms with van der Waals surface area (Å²) in [6, 6.07) is 8.85. The Labute approximate surface area is 112 Å². The summed E-state index contributed by atoms with van der Waals surface area (Å²) in [5.41, 5.74) is 0.925. The number of aryl methyl sites for hydroxylation is 1. The third-order valence-electron chi connectivity index (χ3n) is 2.60. The van der Waals surface area contributed by atoms with Gasteiger partial charge in [-0.2, -0.15) is 0 Å². The highest BCUT2D eigenvalue weighted by atomic mass is 16.5. The Morgan fingerprint density at radius 3 is 2.79 bits per heavy atom. The number of nitrogens with zero attached hydrogens (tertiary/aromatic N) is 2. The Kier molecular flexibility index (Phi) is 4.23. The molecule has 1 aromatic carbocycles. The van der Waals surface area contributed by atoms with Crippen LogP contribution < -0.4 is 4.74 Å². The van der Waals surface area contributed by atoms with E-state index >= 15 is 0 Å². The van der Waals surface area contributed by atoms with Gasteiger partial charge in [0.25, 0.3) is 0 Å². The molecule has 0 N–H and O–H groups in total. The minimum Gasteiger partial charge on any atom is -0.493 e. The van der Waals surface area contributed by atoms with Gasteiger partial charge in [0.05, 0.1) is 12.2 Å². The Morgan fingerprint density at radius 2 is 2.05 bits per heavy atom. The first-order chi connectivity index (χ1) is 9.22. The van der Waals surface area contributed by atoms with Crippen LogP contribution in [0, 0.1) is 6.92 Å². The van der Waals surface area contributed by atoms with E-state index in [-0.39, 0.29) is 5.78 Å². The molecule has 1 heterocycles. The quantitative estimate of drug-likeness (QED) is 0.772. The van der Waals surface area contributed by atoms with Crippen LogP contribution in [-0.4, -0.2) is 22.4 Å². The number of benzene rings is 1. The number of hydrogen-bond acceptors (Lipinski definition) is 4. The number of carbonyl (C=O) groups excluding carboxylic acids is 1. The average molecular weight is 256 g/mol. The van der Waals surface area contributed by atoms with Gasteiger partial charge in [0, 0.05) is 6.20 Å². The van der Waals surface area contributed by atoms with Crippen LogP contribution in [-0.2, 0) is 0 Å². The minimum absolute atomic E-state index is 0.141.